The number of carbonyl (C=O) groups is 4. The summed E-state index contributed by atoms with van der Waals surface area (Å²) in [7, 11) is 1.41. The van der Waals surface area contributed by atoms with Gasteiger partial charge in [-0.15, -0.1) is 0 Å². The lowest BCUT2D eigenvalue weighted by Crippen LogP contribution is -2.56. The quantitative estimate of drug-likeness (QED) is 0.110. The van der Waals surface area contributed by atoms with Crippen LogP contribution in [0, 0.1) is 3.57 Å². The van der Waals surface area contributed by atoms with Gasteiger partial charge in [-0.25, -0.2) is 0 Å². The first-order valence-corrected chi connectivity index (χ1v) is 13.9. The van der Waals surface area contributed by atoms with Crippen molar-refractivity contribution in [2.24, 2.45) is 0 Å². The number of nitrogens with one attached hydrogen (secondary N) is 1. The molecule has 2 amide bonds. The Labute approximate surface area is 242 Å². The van der Waals surface area contributed by atoms with E-state index >= 15 is 0 Å². The molecule has 1 aliphatic carbocycles. The van der Waals surface area contributed by atoms with E-state index in [-0.39, 0.29) is 55.7 Å². The lowest BCUT2D eigenvalue weighted by atomic mass is 9.87. The van der Waals surface area contributed by atoms with E-state index in [9.17, 15) is 24.3 Å². The van der Waals surface area contributed by atoms with Crippen LogP contribution in [-0.4, -0.2) is 96.8 Å². The molecule has 0 saturated heterocycles. The summed E-state index contributed by atoms with van der Waals surface area (Å²) in [6.07, 6.45) is 0.0432. The van der Waals surface area contributed by atoms with Crippen molar-refractivity contribution >= 4 is 46.5 Å². The number of ether oxygens (including phenoxy) is 3. The number of hydrogen-bond donors (Lipinski definition) is 3. The fourth-order valence-corrected chi connectivity index (χ4v) is 4.87. The molecule has 1 aromatic carbocycles. The third kappa shape index (κ3) is 8.98. The Morgan fingerprint density at radius 3 is 2.59 bits per heavy atom. The van der Waals surface area contributed by atoms with Crippen LogP contribution < -0.4 is 14.8 Å². The van der Waals surface area contributed by atoms with Crippen LogP contribution >= 0.6 is 22.6 Å². The number of aldehydes is 1. The summed E-state index contributed by atoms with van der Waals surface area (Å²) in [5.74, 6) is -1.38. The molecule has 0 aromatic heterocycles. The first-order chi connectivity index (χ1) is 18.6. The first-order valence-electron chi connectivity index (χ1n) is 12.8. The van der Waals surface area contributed by atoms with Crippen LogP contribution in [0.25, 0.3) is 0 Å². The predicted octanol–water partition coefficient (Wildman–Crippen LogP) is 1.65. The maximum Gasteiger partial charge on any atom is 0.290 e. The Morgan fingerprint density at radius 2 is 2.00 bits per heavy atom. The van der Waals surface area contributed by atoms with E-state index in [1.54, 1.807) is 13.0 Å². The number of amides is 2. The molecular weight excluding hydrogens is 623 g/mol. The van der Waals surface area contributed by atoms with Gasteiger partial charge in [0.1, 0.15) is 18.5 Å². The molecule has 3 atom stereocenters. The van der Waals surface area contributed by atoms with Crippen LogP contribution in [-0.2, 0) is 19.1 Å². The third-order valence-corrected chi connectivity index (χ3v) is 6.87. The summed E-state index contributed by atoms with van der Waals surface area (Å²) in [5.41, 5.74) is 0.589. The van der Waals surface area contributed by atoms with Gasteiger partial charge in [0.15, 0.2) is 11.5 Å². The van der Waals surface area contributed by atoms with Gasteiger partial charge in [0.25, 0.3) is 5.91 Å². The van der Waals surface area contributed by atoms with Gasteiger partial charge in [0.05, 0.1) is 29.4 Å². The summed E-state index contributed by atoms with van der Waals surface area (Å²) in [6, 6.07) is 2.11. The number of hydrogen-bond acceptors (Lipinski definition) is 9. The van der Waals surface area contributed by atoms with Gasteiger partial charge in [0, 0.05) is 43.7 Å². The van der Waals surface area contributed by atoms with E-state index < -0.39 is 35.8 Å². The number of methoxy groups -OCH3 is 1. The summed E-state index contributed by atoms with van der Waals surface area (Å²) >= 11 is 1.97. The van der Waals surface area contributed by atoms with Gasteiger partial charge in [-0.05, 0) is 61.1 Å². The lowest BCUT2D eigenvalue weighted by Gasteiger charge is -2.40. The molecule has 0 saturated carbocycles. The van der Waals surface area contributed by atoms with Crippen LogP contribution in [0.5, 0.6) is 11.5 Å². The Kier molecular flexibility index (Phi) is 13.3. The van der Waals surface area contributed by atoms with E-state index in [4.69, 9.17) is 19.3 Å². The van der Waals surface area contributed by atoms with E-state index in [1.165, 1.54) is 24.2 Å². The Balaban J connectivity index is 2.49. The lowest BCUT2D eigenvalue weighted by molar-refractivity contribution is -0.149. The number of Topliss-reactive ketones (excluding diaryl/α,β-unsaturated/α-hetero) is 1. The van der Waals surface area contributed by atoms with Gasteiger partial charge in [-0.2, -0.15) is 0 Å². The fourth-order valence-electron chi connectivity index (χ4n) is 4.12. The number of ketones is 1. The maximum absolute atomic E-state index is 13.2. The molecule has 0 spiro atoms. The second kappa shape index (κ2) is 15.9. The molecule has 0 bridgehead atoms. The zero-order valence-electron chi connectivity index (χ0n) is 22.6. The summed E-state index contributed by atoms with van der Waals surface area (Å²) in [4.78, 5) is 51.1. The molecule has 216 valence electrons. The molecule has 0 radical (unpaired) electrons. The van der Waals surface area contributed by atoms with Crippen molar-refractivity contribution in [3.05, 3.63) is 32.9 Å². The molecule has 2 rings (SSSR count). The SMILES string of the molecule is CCC(=O)C(=O)N(CCCOC(C)C)[C@@H]1CC(C(=O)NCCO)=C[C@H](Oc2c(I)cc(C=O)cc2OC)[C@H]1O. The minimum Gasteiger partial charge on any atom is -0.493 e. The van der Waals surface area contributed by atoms with Gasteiger partial charge in [0.2, 0.25) is 11.7 Å². The number of benzene rings is 1. The highest BCUT2D eigenvalue weighted by Crippen LogP contribution is 2.37. The number of nitrogens with zero attached hydrogens (tertiary/aromatic N) is 1. The Morgan fingerprint density at radius 1 is 1.28 bits per heavy atom. The van der Waals surface area contributed by atoms with Crippen molar-refractivity contribution in [2.45, 2.75) is 64.4 Å². The van der Waals surface area contributed by atoms with Gasteiger partial charge >= 0.3 is 0 Å². The van der Waals surface area contributed by atoms with Gasteiger partial charge in [-0.1, -0.05) is 6.92 Å². The number of aliphatic hydroxyl groups excluding tert-OH is 2. The largest absolute Gasteiger partial charge is 0.493 e. The van der Waals surface area contributed by atoms with Crippen molar-refractivity contribution < 1.29 is 43.6 Å². The fraction of sp³-hybridized carbons (Fsp3) is 0.556. The molecule has 0 heterocycles. The van der Waals surface area contributed by atoms with E-state index in [0.717, 1.165) is 0 Å². The molecule has 39 heavy (non-hydrogen) atoms. The predicted molar refractivity (Wildman–Crippen MR) is 151 cm³/mol. The monoisotopic (exact) mass is 660 g/mol. The van der Waals surface area contributed by atoms with Crippen molar-refractivity contribution in [2.75, 3.05) is 33.4 Å². The van der Waals surface area contributed by atoms with Crippen LogP contribution in [0.3, 0.4) is 0 Å². The standard InChI is InChI=1S/C27H37IN2O9/c1-5-21(33)27(36)30(8-6-10-38-16(2)3)20-13-18(26(35)29-7-9-31)14-22(24(20)34)39-25-19(28)11-17(15-32)12-23(25)37-4/h11-12,14-16,20,22,24,31,34H,5-10,13H2,1-4H3,(H,29,35)/t20-,22+,24+/m1/s1. The average molecular weight is 661 g/mol. The van der Waals surface area contributed by atoms with Crippen molar-refractivity contribution in [1.29, 1.82) is 0 Å². The van der Waals surface area contributed by atoms with Crippen LogP contribution in [0.2, 0.25) is 0 Å². The zero-order chi connectivity index (χ0) is 29.1. The van der Waals surface area contributed by atoms with Gasteiger partial charge in [-0.3, -0.25) is 19.2 Å². The Hall–Kier alpha value is -2.55. The molecule has 0 aliphatic heterocycles. The molecule has 11 nitrogen and oxygen atoms in total. The first kappa shape index (κ1) is 32.7. The normalized spacial score (nSPS) is 18.8. The smallest absolute Gasteiger partial charge is 0.290 e. The van der Waals surface area contributed by atoms with Crippen LogP contribution in [0.1, 0.15) is 50.4 Å². The van der Waals surface area contributed by atoms with Crippen LogP contribution in [0.4, 0.5) is 0 Å². The number of carbonyl (C=O) groups excluding carboxylic acids is 4. The number of halogens is 1. The molecule has 1 aliphatic rings. The maximum atomic E-state index is 13.2. The minimum absolute atomic E-state index is 0.0112. The highest BCUT2D eigenvalue weighted by Gasteiger charge is 2.41. The summed E-state index contributed by atoms with van der Waals surface area (Å²) < 4.78 is 17.7. The molecule has 12 heteroatoms. The van der Waals surface area contributed by atoms with Crippen molar-refractivity contribution in [1.82, 2.24) is 10.2 Å². The molecule has 0 unspecified atom stereocenters. The second-order valence-electron chi connectivity index (χ2n) is 9.22. The second-order valence-corrected chi connectivity index (χ2v) is 10.4. The van der Waals surface area contributed by atoms with E-state index in [0.29, 0.717) is 28.4 Å². The summed E-state index contributed by atoms with van der Waals surface area (Å²) in [5, 5.41) is 23.2. The van der Waals surface area contributed by atoms with Crippen molar-refractivity contribution in [3.63, 3.8) is 0 Å². The molecular formula is C27H37IN2O9. The highest BCUT2D eigenvalue weighted by atomic mass is 127. The summed E-state index contributed by atoms with van der Waals surface area (Å²) in [6.45, 7) is 5.54. The molecule has 3 N–H and O–H groups in total. The van der Waals surface area contributed by atoms with Crippen LogP contribution in [0.15, 0.2) is 23.8 Å². The average Bonchev–Trinajstić information content (AvgIpc) is 2.92. The number of rotatable bonds is 15. The van der Waals surface area contributed by atoms with E-state index in [2.05, 4.69) is 5.32 Å². The minimum atomic E-state index is -1.31. The number of aliphatic hydroxyl groups is 2. The zero-order valence-corrected chi connectivity index (χ0v) is 24.8. The Bertz CT molecular complexity index is 1060. The topological polar surface area (TPSA) is 152 Å². The molecule has 1 aromatic rings. The van der Waals surface area contributed by atoms with E-state index in [1.807, 2.05) is 36.4 Å². The van der Waals surface area contributed by atoms with Gasteiger partial charge < -0.3 is 34.6 Å². The third-order valence-electron chi connectivity index (χ3n) is 6.07. The molecule has 0 fully saturated rings. The van der Waals surface area contributed by atoms with Crippen molar-refractivity contribution in [3.8, 4) is 11.5 Å². The highest BCUT2D eigenvalue weighted by molar-refractivity contribution is 14.1.